The molecule has 2 aromatic rings. The largest absolute Gasteiger partial charge is 0.322 e. The summed E-state index contributed by atoms with van der Waals surface area (Å²) in [6.07, 6.45) is 3.34. The Balaban J connectivity index is 0.000000497. The van der Waals surface area contributed by atoms with Gasteiger partial charge in [-0.1, -0.05) is 34.6 Å². The number of aryl methyl sites for hydroxylation is 2. The van der Waals surface area contributed by atoms with Crippen LogP contribution >= 0.6 is 0 Å². The molecule has 0 aliphatic heterocycles. The van der Waals surface area contributed by atoms with Crippen LogP contribution in [0.3, 0.4) is 0 Å². The van der Waals surface area contributed by atoms with Crippen molar-refractivity contribution < 1.29 is 23.6 Å². The van der Waals surface area contributed by atoms with Gasteiger partial charge in [-0.25, -0.2) is 4.39 Å². The standard InChI is InChI=1S/C21H24FNO2.C9H16O2/c1-5-14(4)20(24)19-8-7-18(12-15(19)6-2)23-21(25)16-9-13(3)10-17(22)11-16;1-4-9(11)6-5-7(2)8(3)10/h7-12,14H,5-6H2,1-4H3,(H,23,25);7H,4-6H2,1-3H3. The summed E-state index contributed by atoms with van der Waals surface area (Å²) in [4.78, 5) is 46.4. The molecule has 0 saturated heterocycles. The maximum atomic E-state index is 13.5. The van der Waals surface area contributed by atoms with Crippen LogP contribution in [-0.4, -0.2) is 23.3 Å². The molecule has 2 rings (SSSR count). The quantitative estimate of drug-likeness (QED) is 0.334. The van der Waals surface area contributed by atoms with E-state index < -0.39 is 5.82 Å². The molecule has 2 atom stereocenters. The third-order valence-electron chi connectivity index (χ3n) is 6.32. The van der Waals surface area contributed by atoms with E-state index in [0.717, 1.165) is 12.0 Å². The Morgan fingerprint density at radius 2 is 1.61 bits per heavy atom. The zero-order chi connectivity index (χ0) is 27.4. The van der Waals surface area contributed by atoms with E-state index in [4.69, 9.17) is 0 Å². The Labute approximate surface area is 214 Å². The molecule has 0 saturated carbocycles. The Morgan fingerprint density at radius 1 is 0.944 bits per heavy atom. The average molecular weight is 498 g/mol. The summed E-state index contributed by atoms with van der Waals surface area (Å²) in [6.45, 7) is 12.9. The van der Waals surface area contributed by atoms with Gasteiger partial charge < -0.3 is 5.32 Å². The lowest BCUT2D eigenvalue weighted by atomic mass is 9.92. The van der Waals surface area contributed by atoms with Crippen molar-refractivity contribution in [2.75, 3.05) is 5.32 Å². The fourth-order valence-corrected chi connectivity index (χ4v) is 3.48. The highest BCUT2D eigenvalue weighted by Gasteiger charge is 2.17. The molecule has 36 heavy (non-hydrogen) atoms. The monoisotopic (exact) mass is 497 g/mol. The Bertz CT molecular complexity index is 1060. The van der Waals surface area contributed by atoms with Crippen molar-refractivity contribution >= 4 is 28.9 Å². The van der Waals surface area contributed by atoms with Crippen LogP contribution in [0.2, 0.25) is 0 Å². The van der Waals surface area contributed by atoms with Crippen molar-refractivity contribution in [2.24, 2.45) is 11.8 Å². The van der Waals surface area contributed by atoms with Crippen molar-refractivity contribution in [1.82, 2.24) is 0 Å². The number of hydrogen-bond donors (Lipinski definition) is 1. The first-order valence-electron chi connectivity index (χ1n) is 12.7. The van der Waals surface area contributed by atoms with Crippen LogP contribution < -0.4 is 5.32 Å². The van der Waals surface area contributed by atoms with Crippen LogP contribution in [-0.2, 0) is 16.0 Å². The molecule has 5 nitrogen and oxygen atoms in total. The summed E-state index contributed by atoms with van der Waals surface area (Å²) in [5.74, 6) is -0.240. The second-order valence-electron chi connectivity index (χ2n) is 9.31. The molecule has 0 radical (unpaired) electrons. The van der Waals surface area contributed by atoms with Gasteiger partial charge in [-0.05, 0) is 80.6 Å². The molecule has 0 aliphatic carbocycles. The van der Waals surface area contributed by atoms with E-state index in [2.05, 4.69) is 5.32 Å². The molecule has 1 N–H and O–H groups in total. The van der Waals surface area contributed by atoms with Gasteiger partial charge >= 0.3 is 0 Å². The molecule has 0 fully saturated rings. The Morgan fingerprint density at radius 3 is 2.14 bits per heavy atom. The van der Waals surface area contributed by atoms with E-state index in [-0.39, 0.29) is 40.7 Å². The highest BCUT2D eigenvalue weighted by atomic mass is 19.1. The van der Waals surface area contributed by atoms with Gasteiger partial charge in [0.2, 0.25) is 0 Å². The zero-order valence-electron chi connectivity index (χ0n) is 22.7. The van der Waals surface area contributed by atoms with Crippen molar-refractivity contribution in [3.63, 3.8) is 0 Å². The minimum atomic E-state index is -0.436. The fraction of sp³-hybridized carbons (Fsp3) is 0.467. The van der Waals surface area contributed by atoms with Crippen molar-refractivity contribution in [3.05, 3.63) is 64.5 Å². The first-order valence-corrected chi connectivity index (χ1v) is 12.7. The van der Waals surface area contributed by atoms with Crippen LogP contribution in [0.25, 0.3) is 0 Å². The van der Waals surface area contributed by atoms with E-state index in [1.807, 2.05) is 40.7 Å². The summed E-state index contributed by atoms with van der Waals surface area (Å²) in [7, 11) is 0. The lowest BCUT2D eigenvalue weighted by Gasteiger charge is -2.14. The first-order chi connectivity index (χ1) is 16.9. The van der Waals surface area contributed by atoms with Gasteiger partial charge in [-0.2, -0.15) is 0 Å². The van der Waals surface area contributed by atoms with Crippen LogP contribution in [0, 0.1) is 24.6 Å². The Kier molecular flexibility index (Phi) is 12.9. The number of halogens is 1. The molecule has 1 amide bonds. The molecule has 196 valence electrons. The lowest BCUT2D eigenvalue weighted by Crippen LogP contribution is -2.15. The van der Waals surface area contributed by atoms with E-state index in [1.165, 1.54) is 12.1 Å². The van der Waals surface area contributed by atoms with Crippen LogP contribution in [0.1, 0.15) is 99.1 Å². The average Bonchev–Trinajstić information content (AvgIpc) is 2.85. The predicted octanol–water partition coefficient (Wildman–Crippen LogP) is 7.15. The summed E-state index contributed by atoms with van der Waals surface area (Å²) in [5.41, 5.74) is 3.17. The van der Waals surface area contributed by atoms with Gasteiger partial charge in [0.1, 0.15) is 17.4 Å². The van der Waals surface area contributed by atoms with Gasteiger partial charge in [0.15, 0.2) is 5.78 Å². The maximum Gasteiger partial charge on any atom is 0.255 e. The molecule has 0 aliphatic rings. The number of anilines is 1. The second-order valence-corrected chi connectivity index (χ2v) is 9.31. The van der Waals surface area contributed by atoms with Gasteiger partial charge in [0, 0.05) is 41.5 Å². The van der Waals surface area contributed by atoms with E-state index in [9.17, 15) is 23.6 Å². The van der Waals surface area contributed by atoms with E-state index in [1.54, 1.807) is 32.0 Å². The number of benzene rings is 2. The highest BCUT2D eigenvalue weighted by Crippen LogP contribution is 2.22. The normalized spacial score (nSPS) is 12.1. The van der Waals surface area contributed by atoms with Gasteiger partial charge in [0.25, 0.3) is 5.91 Å². The minimum Gasteiger partial charge on any atom is -0.322 e. The second kappa shape index (κ2) is 15.1. The minimum absolute atomic E-state index is 0.0268. The van der Waals surface area contributed by atoms with E-state index in [0.29, 0.717) is 42.5 Å². The topological polar surface area (TPSA) is 80.3 Å². The maximum absolute atomic E-state index is 13.5. The van der Waals surface area contributed by atoms with Crippen LogP contribution in [0.5, 0.6) is 0 Å². The summed E-state index contributed by atoms with van der Waals surface area (Å²) < 4.78 is 13.5. The molecule has 2 aromatic carbocycles. The van der Waals surface area contributed by atoms with Crippen molar-refractivity contribution in [3.8, 4) is 0 Å². The molecule has 0 bridgehead atoms. The molecule has 0 aromatic heterocycles. The number of Topliss-reactive ketones (excluding diaryl/α,β-unsaturated/α-hetero) is 3. The SMILES string of the molecule is CCC(=O)CCC(C)C(C)=O.CCc1cc(NC(=O)c2cc(C)cc(F)c2)ccc1C(=O)C(C)CC. The van der Waals surface area contributed by atoms with Gasteiger partial charge in [0.05, 0.1) is 0 Å². The first kappa shape index (κ1) is 30.9. The molecule has 6 heteroatoms. The molecular weight excluding hydrogens is 457 g/mol. The van der Waals surface area contributed by atoms with Gasteiger partial charge in [-0.3, -0.25) is 19.2 Å². The summed E-state index contributed by atoms with van der Waals surface area (Å²) in [6, 6.07) is 9.53. The number of rotatable bonds is 11. The Hall–Kier alpha value is -3.15. The molecular formula is C30H40FNO4. The smallest absolute Gasteiger partial charge is 0.255 e. The molecule has 2 unspecified atom stereocenters. The number of nitrogens with one attached hydrogen (secondary N) is 1. The lowest BCUT2D eigenvalue weighted by molar-refractivity contribution is -0.121. The van der Waals surface area contributed by atoms with Crippen LogP contribution in [0.4, 0.5) is 10.1 Å². The number of amides is 1. The summed E-state index contributed by atoms with van der Waals surface area (Å²) in [5, 5.41) is 2.78. The number of ketones is 3. The van der Waals surface area contributed by atoms with Crippen molar-refractivity contribution in [1.29, 1.82) is 0 Å². The van der Waals surface area contributed by atoms with Gasteiger partial charge in [-0.15, -0.1) is 0 Å². The molecule has 0 heterocycles. The number of carbonyl (C=O) groups excluding carboxylic acids is 4. The highest BCUT2D eigenvalue weighted by molar-refractivity contribution is 6.05. The third kappa shape index (κ3) is 9.84. The fourth-order valence-electron chi connectivity index (χ4n) is 3.48. The predicted molar refractivity (Wildman–Crippen MR) is 143 cm³/mol. The van der Waals surface area contributed by atoms with Crippen LogP contribution in [0.15, 0.2) is 36.4 Å². The number of carbonyl (C=O) groups is 4. The number of hydrogen-bond acceptors (Lipinski definition) is 4. The van der Waals surface area contributed by atoms with E-state index >= 15 is 0 Å². The summed E-state index contributed by atoms with van der Waals surface area (Å²) >= 11 is 0. The van der Waals surface area contributed by atoms with Crippen molar-refractivity contribution in [2.45, 2.75) is 80.6 Å². The zero-order valence-corrected chi connectivity index (χ0v) is 22.7. The third-order valence-corrected chi connectivity index (χ3v) is 6.32. The molecule has 0 spiro atoms.